The summed E-state index contributed by atoms with van der Waals surface area (Å²) in [5.74, 6) is 1.25. The Kier molecular flexibility index (Phi) is 6.53. The Bertz CT molecular complexity index is 865. The van der Waals surface area contributed by atoms with Crippen LogP contribution >= 0.6 is 24.0 Å². The quantitative estimate of drug-likeness (QED) is 0.360. The Morgan fingerprint density at radius 1 is 1.15 bits per heavy atom. The number of carbonyl (C=O) groups is 1. The third kappa shape index (κ3) is 4.51. The highest BCUT2D eigenvalue weighted by atomic mass is 32.2. The average Bonchev–Trinajstić information content (AvgIpc) is 2.96. The molecule has 1 aliphatic heterocycles. The zero-order valence-electron chi connectivity index (χ0n) is 15.3. The van der Waals surface area contributed by atoms with Gasteiger partial charge < -0.3 is 9.47 Å². The van der Waals surface area contributed by atoms with Crippen molar-refractivity contribution in [1.82, 2.24) is 0 Å². The van der Waals surface area contributed by atoms with Crippen molar-refractivity contribution < 1.29 is 14.3 Å². The number of para-hydroxylation sites is 1. The van der Waals surface area contributed by atoms with Crippen LogP contribution in [0.15, 0.2) is 53.4 Å². The molecule has 4 nitrogen and oxygen atoms in total. The monoisotopic (exact) mass is 399 g/mol. The number of unbranched alkanes of at least 4 members (excludes halogenated alkanes) is 1. The van der Waals surface area contributed by atoms with Gasteiger partial charge in [0.2, 0.25) is 0 Å². The predicted molar refractivity (Wildman–Crippen MR) is 115 cm³/mol. The molecule has 1 amide bonds. The van der Waals surface area contributed by atoms with Crippen LogP contribution in [0.3, 0.4) is 0 Å². The fraction of sp³-hybridized carbons (Fsp3) is 0.238. The molecule has 140 valence electrons. The van der Waals surface area contributed by atoms with Gasteiger partial charge in [-0.15, -0.1) is 0 Å². The summed E-state index contributed by atoms with van der Waals surface area (Å²) < 4.78 is 11.7. The summed E-state index contributed by atoms with van der Waals surface area (Å²) in [6, 6.07) is 15.1. The molecule has 1 heterocycles. The molecule has 0 spiro atoms. The lowest BCUT2D eigenvalue weighted by atomic mass is 10.1. The van der Waals surface area contributed by atoms with Crippen LogP contribution in [0.4, 0.5) is 5.69 Å². The van der Waals surface area contributed by atoms with Gasteiger partial charge in [0.1, 0.15) is 0 Å². The van der Waals surface area contributed by atoms with Gasteiger partial charge in [0.05, 0.1) is 24.3 Å². The smallest absolute Gasteiger partial charge is 0.270 e. The number of carbonyl (C=O) groups excluding carboxylic acids is 1. The maximum atomic E-state index is 12.8. The lowest BCUT2D eigenvalue weighted by Gasteiger charge is -2.13. The number of thioether (sulfide) groups is 1. The molecular weight excluding hydrogens is 378 g/mol. The SMILES string of the molecule is CCCCOc1ccc(/C=C2\SC(=S)N(c3ccccc3)C2=O)cc1OC. The Balaban J connectivity index is 1.82. The molecule has 0 bridgehead atoms. The van der Waals surface area contributed by atoms with Crippen molar-refractivity contribution in [1.29, 1.82) is 0 Å². The third-order valence-electron chi connectivity index (χ3n) is 4.05. The molecule has 1 aliphatic rings. The molecule has 1 fully saturated rings. The molecule has 2 aromatic rings. The molecule has 0 N–H and O–H groups in total. The molecule has 3 rings (SSSR count). The molecule has 1 saturated heterocycles. The maximum absolute atomic E-state index is 12.8. The molecule has 0 atom stereocenters. The fourth-order valence-electron chi connectivity index (χ4n) is 2.64. The van der Waals surface area contributed by atoms with Crippen LogP contribution in [0.2, 0.25) is 0 Å². The first-order valence-corrected chi connectivity index (χ1v) is 10.0. The first-order valence-electron chi connectivity index (χ1n) is 8.78. The van der Waals surface area contributed by atoms with E-state index in [-0.39, 0.29) is 5.91 Å². The Morgan fingerprint density at radius 2 is 1.93 bits per heavy atom. The lowest BCUT2D eigenvalue weighted by Crippen LogP contribution is -2.27. The van der Waals surface area contributed by atoms with Crippen molar-refractivity contribution in [2.24, 2.45) is 0 Å². The number of hydrogen-bond acceptors (Lipinski definition) is 5. The van der Waals surface area contributed by atoms with Crippen molar-refractivity contribution in [2.75, 3.05) is 18.6 Å². The summed E-state index contributed by atoms with van der Waals surface area (Å²) in [5, 5.41) is 0. The second-order valence-electron chi connectivity index (χ2n) is 5.96. The first-order chi connectivity index (χ1) is 13.1. The summed E-state index contributed by atoms with van der Waals surface area (Å²) in [4.78, 5) is 15.0. The van der Waals surface area contributed by atoms with Crippen molar-refractivity contribution in [2.45, 2.75) is 19.8 Å². The normalized spacial score (nSPS) is 15.5. The van der Waals surface area contributed by atoms with E-state index in [9.17, 15) is 4.79 Å². The van der Waals surface area contributed by atoms with Crippen LogP contribution in [0.1, 0.15) is 25.3 Å². The summed E-state index contributed by atoms with van der Waals surface area (Å²) in [6.07, 6.45) is 3.90. The number of nitrogens with zero attached hydrogens (tertiary/aromatic N) is 1. The minimum atomic E-state index is -0.113. The van der Waals surface area contributed by atoms with Crippen molar-refractivity contribution in [3.05, 3.63) is 59.0 Å². The van der Waals surface area contributed by atoms with E-state index in [1.807, 2.05) is 54.6 Å². The zero-order chi connectivity index (χ0) is 19.2. The van der Waals surface area contributed by atoms with Gasteiger partial charge >= 0.3 is 0 Å². The summed E-state index contributed by atoms with van der Waals surface area (Å²) in [5.41, 5.74) is 1.64. The van der Waals surface area contributed by atoms with Crippen molar-refractivity contribution in [3.8, 4) is 11.5 Å². The summed E-state index contributed by atoms with van der Waals surface area (Å²) >= 11 is 6.71. The Morgan fingerprint density at radius 3 is 2.63 bits per heavy atom. The van der Waals surface area contributed by atoms with Crippen LogP contribution < -0.4 is 14.4 Å². The van der Waals surface area contributed by atoms with Crippen molar-refractivity contribution in [3.63, 3.8) is 0 Å². The number of methoxy groups -OCH3 is 1. The van der Waals surface area contributed by atoms with Crippen LogP contribution in [-0.2, 0) is 4.79 Å². The molecule has 27 heavy (non-hydrogen) atoms. The Hall–Kier alpha value is -2.31. The Labute approximate surface area is 169 Å². The van der Waals surface area contributed by atoms with Gasteiger partial charge in [0, 0.05) is 0 Å². The van der Waals surface area contributed by atoms with E-state index in [1.54, 1.807) is 12.0 Å². The molecule has 0 aromatic heterocycles. The number of ether oxygens (including phenoxy) is 2. The number of anilines is 1. The van der Waals surface area contributed by atoms with Crippen LogP contribution in [0.5, 0.6) is 11.5 Å². The lowest BCUT2D eigenvalue weighted by molar-refractivity contribution is -0.113. The van der Waals surface area contributed by atoms with Gasteiger partial charge in [-0.3, -0.25) is 9.69 Å². The molecule has 6 heteroatoms. The molecular formula is C21H21NO3S2. The van der Waals surface area contributed by atoms with Crippen molar-refractivity contribution >= 4 is 46.0 Å². The highest BCUT2D eigenvalue weighted by molar-refractivity contribution is 8.27. The van der Waals surface area contributed by atoms with Gasteiger partial charge in [-0.25, -0.2) is 0 Å². The highest BCUT2D eigenvalue weighted by Crippen LogP contribution is 2.37. The molecule has 0 aliphatic carbocycles. The van der Waals surface area contributed by atoms with E-state index in [0.29, 0.717) is 27.3 Å². The number of rotatable bonds is 7. The number of thiocarbonyl (C=S) groups is 1. The van der Waals surface area contributed by atoms with E-state index in [4.69, 9.17) is 21.7 Å². The van der Waals surface area contributed by atoms with Crippen LogP contribution in [0, 0.1) is 0 Å². The minimum Gasteiger partial charge on any atom is -0.493 e. The predicted octanol–water partition coefficient (Wildman–Crippen LogP) is 5.28. The van der Waals surface area contributed by atoms with Gasteiger partial charge in [-0.05, 0) is 42.3 Å². The van der Waals surface area contributed by atoms with E-state index in [0.717, 1.165) is 24.1 Å². The first kappa shape index (κ1) is 19.5. The molecule has 2 aromatic carbocycles. The second-order valence-corrected chi connectivity index (χ2v) is 7.64. The average molecular weight is 400 g/mol. The van der Waals surface area contributed by atoms with Gasteiger partial charge in [-0.1, -0.05) is 61.6 Å². The van der Waals surface area contributed by atoms with E-state index in [2.05, 4.69) is 6.92 Å². The molecule has 0 radical (unpaired) electrons. The topological polar surface area (TPSA) is 38.8 Å². The number of benzene rings is 2. The maximum Gasteiger partial charge on any atom is 0.270 e. The second kappa shape index (κ2) is 9.06. The number of hydrogen-bond donors (Lipinski definition) is 0. The van der Waals surface area contributed by atoms with Crippen LogP contribution in [-0.4, -0.2) is 23.9 Å². The van der Waals surface area contributed by atoms with Gasteiger partial charge in [-0.2, -0.15) is 0 Å². The van der Waals surface area contributed by atoms with E-state index >= 15 is 0 Å². The summed E-state index contributed by atoms with van der Waals surface area (Å²) in [6.45, 7) is 2.78. The zero-order valence-corrected chi connectivity index (χ0v) is 16.9. The van der Waals surface area contributed by atoms with Gasteiger partial charge in [0.25, 0.3) is 5.91 Å². The third-order valence-corrected chi connectivity index (χ3v) is 5.35. The van der Waals surface area contributed by atoms with Crippen LogP contribution in [0.25, 0.3) is 6.08 Å². The van der Waals surface area contributed by atoms with E-state index in [1.165, 1.54) is 11.8 Å². The molecule has 0 unspecified atom stereocenters. The highest BCUT2D eigenvalue weighted by Gasteiger charge is 2.33. The minimum absolute atomic E-state index is 0.113. The fourth-order valence-corrected chi connectivity index (χ4v) is 3.94. The number of amides is 1. The largest absolute Gasteiger partial charge is 0.493 e. The summed E-state index contributed by atoms with van der Waals surface area (Å²) in [7, 11) is 1.61. The standard InChI is InChI=1S/C21H21NO3S2/c1-3-4-12-25-17-11-10-15(13-18(17)24-2)14-19-20(23)22(21(26)27-19)16-8-6-5-7-9-16/h5-11,13-14H,3-4,12H2,1-2H3/b19-14-. The van der Waals surface area contributed by atoms with Gasteiger partial charge in [0.15, 0.2) is 15.8 Å². The molecule has 0 saturated carbocycles. The van der Waals surface area contributed by atoms with E-state index < -0.39 is 0 Å².